The van der Waals surface area contributed by atoms with Gasteiger partial charge in [-0.2, -0.15) is 4.98 Å². The molecule has 3 rings (SSSR count). The molecule has 0 saturated heterocycles. The normalized spacial score (nSPS) is 10.4. The Bertz CT molecular complexity index is 958. The van der Waals surface area contributed by atoms with Crippen LogP contribution in [0.5, 0.6) is 0 Å². The molecule has 2 aromatic carbocycles. The van der Waals surface area contributed by atoms with E-state index in [0.717, 1.165) is 22.6 Å². The Labute approximate surface area is 155 Å². The highest BCUT2D eigenvalue weighted by Crippen LogP contribution is 2.23. The number of carboxylic acids is 1. The zero-order valence-electron chi connectivity index (χ0n) is 14.2. The van der Waals surface area contributed by atoms with Crippen LogP contribution < -0.4 is 10.6 Å². The second-order valence-electron chi connectivity index (χ2n) is 5.81. The van der Waals surface area contributed by atoms with Crippen LogP contribution in [0.3, 0.4) is 0 Å². The lowest BCUT2D eigenvalue weighted by Crippen LogP contribution is -2.03. The highest BCUT2D eigenvalue weighted by atomic mass is 35.5. The van der Waals surface area contributed by atoms with Crippen LogP contribution in [0.15, 0.2) is 48.5 Å². The fraction of sp³-hybridized carbons (Fsp3) is 0.105. The van der Waals surface area contributed by atoms with Gasteiger partial charge in [0, 0.05) is 28.2 Å². The summed E-state index contributed by atoms with van der Waals surface area (Å²) < 4.78 is 0. The fourth-order valence-electron chi connectivity index (χ4n) is 2.33. The van der Waals surface area contributed by atoms with E-state index in [1.54, 1.807) is 18.2 Å². The molecule has 26 heavy (non-hydrogen) atoms. The minimum atomic E-state index is -0.960. The van der Waals surface area contributed by atoms with Crippen LogP contribution >= 0.6 is 11.6 Å². The van der Waals surface area contributed by atoms with Gasteiger partial charge in [-0.1, -0.05) is 17.7 Å². The number of carboxylic acid groups (broad SMARTS) is 1. The van der Waals surface area contributed by atoms with E-state index in [4.69, 9.17) is 16.7 Å². The Morgan fingerprint density at radius 1 is 0.962 bits per heavy atom. The fourth-order valence-corrected chi connectivity index (χ4v) is 2.51. The van der Waals surface area contributed by atoms with Crippen molar-refractivity contribution in [1.29, 1.82) is 0 Å². The van der Waals surface area contributed by atoms with E-state index in [1.807, 2.05) is 32.0 Å². The summed E-state index contributed by atoms with van der Waals surface area (Å²) in [5.41, 5.74) is 3.54. The maximum atomic E-state index is 10.9. The van der Waals surface area contributed by atoms with E-state index in [9.17, 15) is 4.79 Å². The molecule has 0 aliphatic carbocycles. The minimum Gasteiger partial charge on any atom is -0.478 e. The third-order valence-electron chi connectivity index (χ3n) is 3.69. The largest absolute Gasteiger partial charge is 0.478 e. The van der Waals surface area contributed by atoms with Gasteiger partial charge < -0.3 is 15.7 Å². The number of aromatic carboxylic acids is 1. The molecule has 0 spiro atoms. The summed E-state index contributed by atoms with van der Waals surface area (Å²) in [6.45, 7) is 3.81. The average molecular weight is 369 g/mol. The van der Waals surface area contributed by atoms with Crippen molar-refractivity contribution in [3.63, 3.8) is 0 Å². The first-order valence-corrected chi connectivity index (χ1v) is 8.28. The molecule has 132 valence electrons. The minimum absolute atomic E-state index is 0.230. The smallest absolute Gasteiger partial charge is 0.335 e. The summed E-state index contributed by atoms with van der Waals surface area (Å²) in [7, 11) is 0. The number of rotatable bonds is 5. The summed E-state index contributed by atoms with van der Waals surface area (Å²) >= 11 is 6.15. The second-order valence-corrected chi connectivity index (χ2v) is 6.22. The van der Waals surface area contributed by atoms with Gasteiger partial charge in [-0.3, -0.25) is 0 Å². The van der Waals surface area contributed by atoms with E-state index in [0.29, 0.717) is 16.8 Å². The number of anilines is 4. The first kappa shape index (κ1) is 17.7. The van der Waals surface area contributed by atoms with Gasteiger partial charge in [0.15, 0.2) is 0 Å². The van der Waals surface area contributed by atoms with Gasteiger partial charge in [-0.25, -0.2) is 9.78 Å². The first-order valence-electron chi connectivity index (χ1n) is 7.90. The molecule has 0 radical (unpaired) electrons. The van der Waals surface area contributed by atoms with Gasteiger partial charge in [0.25, 0.3) is 0 Å². The van der Waals surface area contributed by atoms with Crippen LogP contribution in [-0.4, -0.2) is 21.0 Å². The van der Waals surface area contributed by atoms with E-state index in [-0.39, 0.29) is 5.56 Å². The summed E-state index contributed by atoms with van der Waals surface area (Å²) in [6, 6.07) is 13.9. The van der Waals surface area contributed by atoms with Crippen LogP contribution in [-0.2, 0) is 0 Å². The van der Waals surface area contributed by atoms with Gasteiger partial charge in [0.1, 0.15) is 5.82 Å². The number of nitrogens with one attached hydrogen (secondary N) is 2. The molecule has 0 unspecified atom stereocenters. The molecule has 6 nitrogen and oxygen atoms in total. The van der Waals surface area contributed by atoms with Gasteiger partial charge in [0.05, 0.1) is 5.56 Å². The van der Waals surface area contributed by atoms with Gasteiger partial charge in [-0.15, -0.1) is 0 Å². The highest BCUT2D eigenvalue weighted by Gasteiger charge is 2.06. The van der Waals surface area contributed by atoms with Crippen molar-refractivity contribution in [3.05, 3.63) is 70.4 Å². The van der Waals surface area contributed by atoms with Gasteiger partial charge in [0.2, 0.25) is 5.95 Å². The predicted octanol–water partition coefficient (Wildman–Crippen LogP) is 4.93. The molecule has 7 heteroatoms. The van der Waals surface area contributed by atoms with Gasteiger partial charge >= 0.3 is 5.97 Å². The van der Waals surface area contributed by atoms with Gasteiger partial charge in [-0.05, 0) is 55.8 Å². The molecule has 0 bridgehead atoms. The Morgan fingerprint density at radius 3 is 2.31 bits per heavy atom. The topological polar surface area (TPSA) is 87.1 Å². The van der Waals surface area contributed by atoms with Crippen LogP contribution in [0, 0.1) is 13.8 Å². The van der Waals surface area contributed by atoms with Crippen molar-refractivity contribution >= 4 is 40.7 Å². The van der Waals surface area contributed by atoms with E-state index in [2.05, 4.69) is 20.6 Å². The molecule has 3 N–H and O–H groups in total. The molecule has 1 heterocycles. The number of benzene rings is 2. The van der Waals surface area contributed by atoms with E-state index < -0.39 is 5.97 Å². The maximum absolute atomic E-state index is 10.9. The van der Waals surface area contributed by atoms with Crippen molar-refractivity contribution in [2.24, 2.45) is 0 Å². The number of halogens is 1. The first-order chi connectivity index (χ1) is 12.4. The Hall–Kier alpha value is -3.12. The van der Waals surface area contributed by atoms with Crippen LogP contribution in [0.4, 0.5) is 23.1 Å². The summed E-state index contributed by atoms with van der Waals surface area (Å²) in [5.74, 6) is 0.0773. The zero-order valence-corrected chi connectivity index (χ0v) is 15.0. The Balaban J connectivity index is 1.80. The van der Waals surface area contributed by atoms with Crippen molar-refractivity contribution in [1.82, 2.24) is 9.97 Å². The molecular weight excluding hydrogens is 352 g/mol. The third kappa shape index (κ3) is 4.29. The lowest BCUT2D eigenvalue weighted by Gasteiger charge is -2.11. The lowest BCUT2D eigenvalue weighted by atomic mass is 10.2. The number of aryl methyl sites for hydroxylation is 2. The molecule has 0 fully saturated rings. The number of hydrogen-bond acceptors (Lipinski definition) is 5. The van der Waals surface area contributed by atoms with E-state index >= 15 is 0 Å². The Morgan fingerprint density at radius 2 is 1.65 bits per heavy atom. The van der Waals surface area contributed by atoms with Crippen LogP contribution in [0.1, 0.15) is 21.6 Å². The molecule has 0 aliphatic heterocycles. The Kier molecular flexibility index (Phi) is 5.04. The maximum Gasteiger partial charge on any atom is 0.335 e. The van der Waals surface area contributed by atoms with Crippen molar-refractivity contribution in [2.45, 2.75) is 13.8 Å². The van der Waals surface area contributed by atoms with Crippen LogP contribution in [0.2, 0.25) is 5.02 Å². The summed E-state index contributed by atoms with van der Waals surface area (Å²) in [6.07, 6.45) is 0. The van der Waals surface area contributed by atoms with Crippen molar-refractivity contribution in [3.8, 4) is 0 Å². The quantitative estimate of drug-likeness (QED) is 0.591. The summed E-state index contributed by atoms with van der Waals surface area (Å²) in [5, 5.41) is 15.9. The predicted molar refractivity (Wildman–Crippen MR) is 103 cm³/mol. The lowest BCUT2D eigenvalue weighted by molar-refractivity contribution is 0.0697. The molecule has 0 amide bonds. The number of carbonyl (C=O) groups is 1. The molecular formula is C19H17ClN4O2. The number of aromatic nitrogens is 2. The average Bonchev–Trinajstić information content (AvgIpc) is 2.58. The molecule has 0 aliphatic rings. The van der Waals surface area contributed by atoms with Crippen molar-refractivity contribution < 1.29 is 9.90 Å². The number of nitrogens with zero attached hydrogens (tertiary/aromatic N) is 2. The molecule has 0 atom stereocenters. The second kappa shape index (κ2) is 7.41. The van der Waals surface area contributed by atoms with Crippen LogP contribution in [0.25, 0.3) is 0 Å². The zero-order chi connectivity index (χ0) is 18.7. The monoisotopic (exact) mass is 368 g/mol. The summed E-state index contributed by atoms with van der Waals surface area (Å²) in [4.78, 5) is 19.7. The standard InChI is InChI=1S/C19H17ClN4O2/c1-11-3-6-15(10-16(11)20)23-19-21-12(2)9-17(24-19)22-14-7-4-13(5-8-14)18(25)26/h3-10H,1-2H3,(H,25,26)(H2,21,22,23,24). The molecule has 3 aromatic rings. The highest BCUT2D eigenvalue weighted by molar-refractivity contribution is 6.31. The van der Waals surface area contributed by atoms with E-state index in [1.165, 1.54) is 12.1 Å². The number of hydrogen-bond donors (Lipinski definition) is 3. The molecule has 0 saturated carbocycles. The molecule has 1 aromatic heterocycles. The SMILES string of the molecule is Cc1cc(Nc2ccc(C(=O)O)cc2)nc(Nc2ccc(C)c(Cl)c2)n1. The third-order valence-corrected chi connectivity index (χ3v) is 4.09. The van der Waals surface area contributed by atoms with Crippen molar-refractivity contribution in [2.75, 3.05) is 10.6 Å².